The lowest BCUT2D eigenvalue weighted by Crippen LogP contribution is -2.08. The van der Waals surface area contributed by atoms with Crippen molar-refractivity contribution in [1.29, 1.82) is 0 Å². The lowest BCUT2D eigenvalue weighted by molar-refractivity contribution is 0.982. The van der Waals surface area contributed by atoms with Crippen molar-refractivity contribution in [2.24, 2.45) is 0 Å². The summed E-state index contributed by atoms with van der Waals surface area (Å²) < 4.78 is 0. The van der Waals surface area contributed by atoms with E-state index in [0.717, 1.165) is 23.6 Å². The quantitative estimate of drug-likeness (QED) is 0.924. The van der Waals surface area contributed by atoms with Gasteiger partial charge in [-0.25, -0.2) is 4.98 Å². The van der Waals surface area contributed by atoms with Crippen molar-refractivity contribution in [2.75, 3.05) is 0 Å². The van der Waals surface area contributed by atoms with E-state index in [-0.39, 0.29) is 5.56 Å². The summed E-state index contributed by atoms with van der Waals surface area (Å²) in [5.41, 5.74) is 3.18. The summed E-state index contributed by atoms with van der Waals surface area (Å²) in [7, 11) is 0. The van der Waals surface area contributed by atoms with Crippen molar-refractivity contribution >= 4 is 11.6 Å². The highest BCUT2D eigenvalue weighted by Crippen LogP contribution is 2.19. The molecule has 4 nitrogen and oxygen atoms in total. The van der Waals surface area contributed by atoms with Gasteiger partial charge in [0.2, 0.25) is 0 Å². The molecule has 0 spiro atoms. The molecule has 0 aliphatic heterocycles. The summed E-state index contributed by atoms with van der Waals surface area (Å²) in [6, 6.07) is 1.47. The Morgan fingerprint density at radius 3 is 2.35 bits per heavy atom. The maximum Gasteiger partial charge on any atom is 0.251 e. The Bertz CT molecular complexity index is 600. The Balaban J connectivity index is 0.000000204. The summed E-state index contributed by atoms with van der Waals surface area (Å²) in [5.74, 6) is 0.667. The van der Waals surface area contributed by atoms with E-state index < -0.39 is 0 Å². The number of hydrogen-bond acceptors (Lipinski definition) is 3. The normalized spacial score (nSPS) is 9.85. The van der Waals surface area contributed by atoms with Crippen LogP contribution in [0.5, 0.6) is 0 Å². The van der Waals surface area contributed by atoms with Crippen LogP contribution in [0, 0.1) is 13.8 Å². The van der Waals surface area contributed by atoms with Gasteiger partial charge in [0, 0.05) is 24.2 Å². The molecular weight excluding hydrogens is 274 g/mol. The van der Waals surface area contributed by atoms with Crippen molar-refractivity contribution in [3.05, 3.63) is 56.5 Å². The number of rotatable bonds is 2. The van der Waals surface area contributed by atoms with Gasteiger partial charge in [0.15, 0.2) is 0 Å². The molecule has 0 unspecified atom stereocenters. The van der Waals surface area contributed by atoms with Crippen LogP contribution in [-0.2, 0) is 12.8 Å². The monoisotopic (exact) mass is 293 g/mol. The average Bonchev–Trinajstić information content (AvgIpc) is 2.37. The fourth-order valence-electron chi connectivity index (χ4n) is 1.93. The van der Waals surface area contributed by atoms with Crippen LogP contribution in [0.3, 0.4) is 0 Å². The predicted molar refractivity (Wildman–Crippen MR) is 82.3 cm³/mol. The minimum Gasteiger partial charge on any atom is -0.311 e. The third-order valence-electron chi connectivity index (χ3n) is 2.82. The van der Waals surface area contributed by atoms with Crippen LogP contribution in [0.4, 0.5) is 0 Å². The van der Waals surface area contributed by atoms with Gasteiger partial charge >= 0.3 is 0 Å². The van der Waals surface area contributed by atoms with E-state index in [4.69, 9.17) is 11.6 Å². The van der Waals surface area contributed by atoms with E-state index in [2.05, 4.69) is 28.8 Å². The Kier molecular flexibility index (Phi) is 6.39. The number of nitrogens with one attached hydrogen (secondary N) is 1. The number of halogens is 1. The standard InChI is InChI=1S/C9H12ClN.C6H8N2O/c1-3-7-5-11-6-9(10)8(7)4-2;1-4-3-6(9)8-5(2)7-4/h5-6H,3-4H2,1-2H3;3H,1-2H3,(H,7,8,9). The number of pyridine rings is 1. The van der Waals surface area contributed by atoms with Crippen LogP contribution in [0.25, 0.3) is 0 Å². The van der Waals surface area contributed by atoms with Gasteiger partial charge < -0.3 is 4.98 Å². The Hall–Kier alpha value is -1.68. The van der Waals surface area contributed by atoms with Gasteiger partial charge in [-0.15, -0.1) is 0 Å². The van der Waals surface area contributed by atoms with E-state index in [1.807, 2.05) is 6.20 Å². The number of hydrogen-bond donors (Lipinski definition) is 1. The summed E-state index contributed by atoms with van der Waals surface area (Å²) in [6.45, 7) is 7.78. The molecule has 0 saturated carbocycles. The van der Waals surface area contributed by atoms with Crippen molar-refractivity contribution in [1.82, 2.24) is 15.0 Å². The highest BCUT2D eigenvalue weighted by molar-refractivity contribution is 6.31. The fourth-order valence-corrected chi connectivity index (χ4v) is 2.24. The molecule has 2 aromatic rings. The molecule has 2 aromatic heterocycles. The van der Waals surface area contributed by atoms with Gasteiger partial charge in [-0.2, -0.15) is 0 Å². The first-order valence-electron chi connectivity index (χ1n) is 6.63. The number of aryl methyl sites for hydroxylation is 3. The number of aromatic amines is 1. The minimum atomic E-state index is -0.0833. The maximum absolute atomic E-state index is 10.6. The van der Waals surface area contributed by atoms with Crippen molar-refractivity contribution in [3.8, 4) is 0 Å². The second kappa shape index (κ2) is 7.80. The van der Waals surface area contributed by atoms with Gasteiger partial charge in [0.25, 0.3) is 5.56 Å². The molecule has 2 heterocycles. The number of aromatic nitrogens is 3. The maximum atomic E-state index is 10.6. The molecule has 0 fully saturated rings. The lowest BCUT2D eigenvalue weighted by atomic mass is 10.1. The Labute approximate surface area is 124 Å². The first kappa shape index (κ1) is 16.4. The zero-order valence-electron chi connectivity index (χ0n) is 12.3. The van der Waals surface area contributed by atoms with Crippen molar-refractivity contribution < 1.29 is 0 Å². The molecule has 20 heavy (non-hydrogen) atoms. The molecule has 0 saturated heterocycles. The summed E-state index contributed by atoms with van der Waals surface area (Å²) >= 11 is 5.95. The van der Waals surface area contributed by atoms with Gasteiger partial charge in [-0.3, -0.25) is 9.78 Å². The summed E-state index contributed by atoms with van der Waals surface area (Å²) in [5, 5.41) is 0.798. The van der Waals surface area contributed by atoms with E-state index in [1.54, 1.807) is 20.0 Å². The van der Waals surface area contributed by atoms with Crippen molar-refractivity contribution in [2.45, 2.75) is 40.5 Å². The Morgan fingerprint density at radius 1 is 1.20 bits per heavy atom. The molecular formula is C15H20ClN3O. The zero-order chi connectivity index (χ0) is 15.1. The van der Waals surface area contributed by atoms with Gasteiger partial charge in [0.05, 0.1) is 5.02 Å². The van der Waals surface area contributed by atoms with Crippen LogP contribution in [0.2, 0.25) is 5.02 Å². The third kappa shape index (κ3) is 4.78. The lowest BCUT2D eigenvalue weighted by Gasteiger charge is -2.05. The van der Waals surface area contributed by atoms with Crippen LogP contribution in [0.1, 0.15) is 36.5 Å². The van der Waals surface area contributed by atoms with Crippen LogP contribution in [0.15, 0.2) is 23.3 Å². The SMILES string of the molecule is CCc1cncc(Cl)c1CC.Cc1cc(=O)[nH]c(C)n1. The molecule has 2 rings (SSSR count). The molecule has 0 aliphatic rings. The summed E-state index contributed by atoms with van der Waals surface area (Å²) in [4.78, 5) is 21.2. The first-order valence-corrected chi connectivity index (χ1v) is 7.01. The largest absolute Gasteiger partial charge is 0.311 e. The highest BCUT2D eigenvalue weighted by Gasteiger charge is 2.02. The molecule has 0 aliphatic carbocycles. The van der Waals surface area contributed by atoms with Crippen LogP contribution < -0.4 is 5.56 Å². The average molecular weight is 294 g/mol. The second-order valence-corrected chi connectivity index (χ2v) is 4.85. The van der Waals surface area contributed by atoms with Crippen molar-refractivity contribution in [3.63, 3.8) is 0 Å². The predicted octanol–water partition coefficient (Wildman–Crippen LogP) is 3.25. The first-order chi connectivity index (χ1) is 9.47. The number of H-pyrrole nitrogens is 1. The topological polar surface area (TPSA) is 58.6 Å². The van der Waals surface area contributed by atoms with E-state index in [1.165, 1.54) is 17.2 Å². The Morgan fingerprint density at radius 2 is 1.90 bits per heavy atom. The van der Waals surface area contributed by atoms with E-state index >= 15 is 0 Å². The molecule has 0 atom stereocenters. The molecule has 1 N–H and O–H groups in total. The summed E-state index contributed by atoms with van der Waals surface area (Å²) in [6.07, 6.45) is 5.60. The molecule has 108 valence electrons. The fraction of sp³-hybridized carbons (Fsp3) is 0.400. The zero-order valence-corrected chi connectivity index (χ0v) is 13.1. The highest BCUT2D eigenvalue weighted by atomic mass is 35.5. The molecule has 5 heteroatoms. The molecule has 0 bridgehead atoms. The molecule has 0 radical (unpaired) electrons. The van der Waals surface area contributed by atoms with Gasteiger partial charge in [-0.1, -0.05) is 25.4 Å². The number of nitrogens with zero attached hydrogens (tertiary/aromatic N) is 2. The van der Waals surface area contributed by atoms with E-state index in [9.17, 15) is 4.79 Å². The van der Waals surface area contributed by atoms with Crippen LogP contribution in [-0.4, -0.2) is 15.0 Å². The van der Waals surface area contributed by atoms with Gasteiger partial charge in [0.1, 0.15) is 5.82 Å². The minimum absolute atomic E-state index is 0.0833. The van der Waals surface area contributed by atoms with E-state index in [0.29, 0.717) is 5.82 Å². The van der Waals surface area contributed by atoms with Crippen LogP contribution >= 0.6 is 11.6 Å². The smallest absolute Gasteiger partial charge is 0.251 e. The van der Waals surface area contributed by atoms with Gasteiger partial charge in [-0.05, 0) is 37.8 Å². The second-order valence-electron chi connectivity index (χ2n) is 4.44. The molecule has 0 aromatic carbocycles. The molecule has 0 amide bonds. The third-order valence-corrected chi connectivity index (χ3v) is 3.14.